The number of fused-ring (bicyclic) bond motifs is 1. The second-order valence-electron chi connectivity index (χ2n) is 7.01. The number of carbonyl (C=O) groups is 1. The third kappa shape index (κ3) is 3.49. The van der Waals surface area contributed by atoms with Crippen LogP contribution in [0.4, 0.5) is 10.5 Å². The average Bonchev–Trinajstić information content (AvgIpc) is 3.00. The van der Waals surface area contributed by atoms with Crippen molar-refractivity contribution in [2.75, 3.05) is 18.4 Å². The molecule has 1 fully saturated rings. The van der Waals surface area contributed by atoms with Crippen molar-refractivity contribution in [2.24, 2.45) is 0 Å². The lowest BCUT2D eigenvalue weighted by molar-refractivity contribution is 0.184. The molecule has 140 valence electrons. The maximum atomic E-state index is 12.6. The number of anilines is 1. The summed E-state index contributed by atoms with van der Waals surface area (Å²) >= 11 is 6.23. The van der Waals surface area contributed by atoms with Crippen molar-refractivity contribution in [1.29, 1.82) is 0 Å². The molecule has 2 aromatic heterocycles. The highest BCUT2D eigenvalue weighted by Gasteiger charge is 2.26. The molecule has 1 aromatic carbocycles. The zero-order valence-electron chi connectivity index (χ0n) is 15.4. The van der Waals surface area contributed by atoms with Crippen molar-refractivity contribution in [3.63, 3.8) is 0 Å². The first-order valence-electron chi connectivity index (χ1n) is 9.14. The maximum Gasteiger partial charge on any atom is 0.321 e. The largest absolute Gasteiger partial charge is 0.324 e. The molecule has 3 aromatic rings. The lowest BCUT2D eigenvalue weighted by Crippen LogP contribution is -2.41. The van der Waals surface area contributed by atoms with Crippen LogP contribution in [0.5, 0.6) is 0 Å². The number of hydrogen-bond acceptors (Lipinski definition) is 3. The Morgan fingerprint density at radius 1 is 1.22 bits per heavy atom. The summed E-state index contributed by atoms with van der Waals surface area (Å²) in [6.07, 6.45) is 3.55. The Kier molecular flexibility index (Phi) is 4.74. The van der Waals surface area contributed by atoms with Crippen LogP contribution < -0.4 is 5.32 Å². The molecule has 1 aliphatic rings. The van der Waals surface area contributed by atoms with Crippen LogP contribution in [0, 0.1) is 13.8 Å². The summed E-state index contributed by atoms with van der Waals surface area (Å²) in [5, 5.41) is 3.48. The van der Waals surface area contributed by atoms with Crippen molar-refractivity contribution >= 4 is 34.5 Å². The standard InChI is InChI=1S/C20H22ClN5O/c1-13-5-6-17(16(21)12-13)24-20(27)25-10-7-15(8-11-25)26-14(2)23-18-4-3-9-22-19(18)26/h3-6,9,12,15H,7-8,10-11H2,1-2H3,(H,24,27). The lowest BCUT2D eigenvalue weighted by atomic mass is 10.0. The summed E-state index contributed by atoms with van der Waals surface area (Å²) in [5.41, 5.74) is 3.55. The minimum absolute atomic E-state index is 0.107. The number of aryl methyl sites for hydroxylation is 2. The van der Waals surface area contributed by atoms with E-state index in [0.717, 1.165) is 35.4 Å². The minimum atomic E-state index is -0.107. The number of rotatable bonds is 2. The molecule has 0 spiro atoms. The molecule has 2 amide bonds. The molecule has 0 radical (unpaired) electrons. The number of carbonyl (C=O) groups excluding carboxylic acids is 1. The second kappa shape index (κ2) is 7.19. The molecule has 27 heavy (non-hydrogen) atoms. The quantitative estimate of drug-likeness (QED) is 0.705. The summed E-state index contributed by atoms with van der Waals surface area (Å²) in [5.74, 6) is 0.970. The molecule has 7 heteroatoms. The fraction of sp³-hybridized carbons (Fsp3) is 0.350. The summed E-state index contributed by atoms with van der Waals surface area (Å²) in [4.78, 5) is 23.5. The lowest BCUT2D eigenvalue weighted by Gasteiger charge is -2.33. The van der Waals surface area contributed by atoms with Gasteiger partial charge in [0.1, 0.15) is 11.3 Å². The molecule has 6 nitrogen and oxygen atoms in total. The van der Waals surface area contributed by atoms with E-state index in [1.54, 1.807) is 6.20 Å². The molecule has 0 atom stereocenters. The molecule has 0 saturated carbocycles. The van der Waals surface area contributed by atoms with Gasteiger partial charge in [-0.2, -0.15) is 0 Å². The van der Waals surface area contributed by atoms with E-state index in [9.17, 15) is 4.79 Å². The van der Waals surface area contributed by atoms with Crippen LogP contribution in [-0.2, 0) is 0 Å². The van der Waals surface area contributed by atoms with Crippen molar-refractivity contribution < 1.29 is 4.79 Å². The zero-order chi connectivity index (χ0) is 19.0. The number of urea groups is 1. The monoisotopic (exact) mass is 383 g/mol. The molecule has 3 heterocycles. The van der Waals surface area contributed by atoms with Gasteiger partial charge in [0.05, 0.1) is 10.7 Å². The minimum Gasteiger partial charge on any atom is -0.324 e. The number of nitrogens with zero attached hydrogens (tertiary/aromatic N) is 4. The third-order valence-corrected chi connectivity index (χ3v) is 5.42. The van der Waals surface area contributed by atoms with E-state index in [1.165, 1.54) is 0 Å². The number of halogens is 1. The Balaban J connectivity index is 1.44. The molecular weight excluding hydrogens is 362 g/mol. The van der Waals surface area contributed by atoms with E-state index in [1.807, 2.05) is 49.1 Å². The number of benzene rings is 1. The predicted octanol–water partition coefficient (Wildman–Crippen LogP) is 4.57. The highest BCUT2D eigenvalue weighted by atomic mass is 35.5. The number of amides is 2. The Bertz CT molecular complexity index is 991. The maximum absolute atomic E-state index is 12.6. The van der Waals surface area contributed by atoms with Gasteiger partial charge in [0, 0.05) is 25.3 Å². The normalized spacial score (nSPS) is 15.3. The van der Waals surface area contributed by atoms with Gasteiger partial charge < -0.3 is 14.8 Å². The summed E-state index contributed by atoms with van der Waals surface area (Å²) in [7, 11) is 0. The topological polar surface area (TPSA) is 63.1 Å². The van der Waals surface area contributed by atoms with Crippen LogP contribution >= 0.6 is 11.6 Å². The first-order valence-corrected chi connectivity index (χ1v) is 9.52. The van der Waals surface area contributed by atoms with Crippen LogP contribution in [0.3, 0.4) is 0 Å². The van der Waals surface area contributed by atoms with Gasteiger partial charge in [-0.3, -0.25) is 0 Å². The summed E-state index contributed by atoms with van der Waals surface area (Å²) in [6, 6.07) is 9.72. The Morgan fingerprint density at radius 3 is 2.74 bits per heavy atom. The first-order chi connectivity index (χ1) is 13.0. The Hall–Kier alpha value is -2.60. The fourth-order valence-electron chi connectivity index (χ4n) is 3.72. The number of hydrogen-bond donors (Lipinski definition) is 1. The van der Waals surface area contributed by atoms with E-state index >= 15 is 0 Å². The number of likely N-dealkylation sites (tertiary alicyclic amines) is 1. The van der Waals surface area contributed by atoms with E-state index in [0.29, 0.717) is 29.8 Å². The molecule has 1 N–H and O–H groups in total. The van der Waals surface area contributed by atoms with Crippen LogP contribution in [0.1, 0.15) is 30.3 Å². The van der Waals surface area contributed by atoms with Gasteiger partial charge in [0.15, 0.2) is 5.65 Å². The summed E-state index contributed by atoms with van der Waals surface area (Å²) in [6.45, 7) is 5.36. The van der Waals surface area contributed by atoms with Crippen LogP contribution in [0.25, 0.3) is 11.2 Å². The smallest absolute Gasteiger partial charge is 0.321 e. The van der Waals surface area contributed by atoms with Crippen molar-refractivity contribution in [2.45, 2.75) is 32.7 Å². The number of pyridine rings is 1. The van der Waals surface area contributed by atoms with E-state index in [-0.39, 0.29) is 6.03 Å². The zero-order valence-corrected chi connectivity index (χ0v) is 16.2. The average molecular weight is 384 g/mol. The Morgan fingerprint density at radius 2 is 2.00 bits per heavy atom. The SMILES string of the molecule is Cc1ccc(NC(=O)N2CCC(n3c(C)nc4cccnc43)CC2)c(Cl)c1. The molecule has 0 bridgehead atoms. The van der Waals surface area contributed by atoms with Gasteiger partial charge in [-0.05, 0) is 56.5 Å². The summed E-state index contributed by atoms with van der Waals surface area (Å²) < 4.78 is 2.21. The second-order valence-corrected chi connectivity index (χ2v) is 7.41. The van der Waals surface area contributed by atoms with Crippen LogP contribution in [0.15, 0.2) is 36.5 Å². The van der Waals surface area contributed by atoms with Crippen molar-refractivity contribution in [3.05, 3.63) is 52.9 Å². The Labute approximate surface area is 163 Å². The molecular formula is C20H22ClN5O. The van der Waals surface area contributed by atoms with Crippen LogP contribution in [0.2, 0.25) is 5.02 Å². The van der Waals surface area contributed by atoms with E-state index in [4.69, 9.17) is 11.6 Å². The van der Waals surface area contributed by atoms with Crippen molar-refractivity contribution in [1.82, 2.24) is 19.4 Å². The predicted molar refractivity (Wildman–Crippen MR) is 107 cm³/mol. The first kappa shape index (κ1) is 17.8. The van der Waals surface area contributed by atoms with Gasteiger partial charge in [-0.25, -0.2) is 14.8 Å². The van der Waals surface area contributed by atoms with Gasteiger partial charge in [0.25, 0.3) is 0 Å². The van der Waals surface area contributed by atoms with Gasteiger partial charge in [0.2, 0.25) is 0 Å². The third-order valence-electron chi connectivity index (χ3n) is 5.11. The van der Waals surface area contributed by atoms with E-state index < -0.39 is 0 Å². The van der Waals surface area contributed by atoms with Gasteiger partial charge >= 0.3 is 6.03 Å². The highest BCUT2D eigenvalue weighted by molar-refractivity contribution is 6.33. The van der Waals surface area contributed by atoms with Crippen molar-refractivity contribution in [3.8, 4) is 0 Å². The van der Waals surface area contributed by atoms with Gasteiger partial charge in [-0.15, -0.1) is 0 Å². The number of piperidine rings is 1. The molecule has 1 aliphatic heterocycles. The molecule has 4 rings (SSSR count). The molecule has 0 aliphatic carbocycles. The van der Waals surface area contributed by atoms with Crippen LogP contribution in [-0.4, -0.2) is 38.6 Å². The molecule has 1 saturated heterocycles. The van der Waals surface area contributed by atoms with E-state index in [2.05, 4.69) is 19.9 Å². The van der Waals surface area contributed by atoms with Gasteiger partial charge in [-0.1, -0.05) is 17.7 Å². The highest BCUT2D eigenvalue weighted by Crippen LogP contribution is 2.28. The molecule has 0 unspecified atom stereocenters. The fourth-order valence-corrected chi connectivity index (χ4v) is 4.01. The number of nitrogens with one attached hydrogen (secondary N) is 1. The number of imidazole rings is 1. The number of aromatic nitrogens is 3.